The van der Waals surface area contributed by atoms with Gasteiger partial charge in [0.2, 0.25) is 0 Å². The molecule has 0 amide bonds. The Morgan fingerprint density at radius 3 is 0.653 bits per heavy atom. The quantitative estimate of drug-likeness (QED) is 0.130. The van der Waals surface area contributed by atoms with Crippen LogP contribution in [0.3, 0.4) is 0 Å². The van der Waals surface area contributed by atoms with E-state index in [4.69, 9.17) is 15.0 Å². The lowest BCUT2D eigenvalue weighted by Crippen LogP contribution is -2.04. The molecule has 72 heavy (non-hydrogen) atoms. The standard InChI is InChI=1S/C69H47N3/c1-8-24-48(25-9-1)50-40-44-57(45-41-50)67-70-68(58-46-42-51(43-47-58)49-26-10-2-11-27-49)72-69(71-67)60-39-23-22-38-59(60)66-64(55-34-18-6-19-35-55)62(53-30-14-4-15-31-53)61(52-28-12-3-13-29-52)63(54-32-16-5-17-33-54)65(66)56-36-20-7-21-37-56/h1-47H. The maximum Gasteiger partial charge on any atom is 0.164 e. The van der Waals surface area contributed by atoms with Gasteiger partial charge in [0.05, 0.1) is 0 Å². The lowest BCUT2D eigenvalue weighted by Gasteiger charge is -2.29. The third-order valence-electron chi connectivity index (χ3n) is 13.4. The summed E-state index contributed by atoms with van der Waals surface area (Å²) in [5.74, 6) is 1.77. The average Bonchev–Trinajstić information content (AvgIpc) is 3.48. The van der Waals surface area contributed by atoms with Crippen LogP contribution < -0.4 is 0 Å². The van der Waals surface area contributed by atoms with Gasteiger partial charge < -0.3 is 0 Å². The molecule has 0 radical (unpaired) electrons. The molecule has 12 rings (SSSR count). The molecule has 0 aliphatic rings. The van der Waals surface area contributed by atoms with E-state index in [-0.39, 0.29) is 0 Å². The molecule has 0 aliphatic carbocycles. The van der Waals surface area contributed by atoms with Crippen LogP contribution in [-0.4, -0.2) is 15.0 Å². The normalized spacial score (nSPS) is 11.1. The van der Waals surface area contributed by atoms with Gasteiger partial charge in [-0.05, 0) is 89.0 Å². The molecule has 0 atom stereocenters. The van der Waals surface area contributed by atoms with Crippen molar-refractivity contribution in [1.29, 1.82) is 0 Å². The smallest absolute Gasteiger partial charge is 0.164 e. The fourth-order valence-electron chi connectivity index (χ4n) is 10.0. The first-order chi connectivity index (χ1) is 35.7. The monoisotopic (exact) mass is 917 g/mol. The van der Waals surface area contributed by atoms with Gasteiger partial charge in [-0.1, -0.05) is 285 Å². The molecule has 0 aliphatic heterocycles. The molecule has 0 unspecified atom stereocenters. The van der Waals surface area contributed by atoms with Crippen molar-refractivity contribution in [3.63, 3.8) is 0 Å². The number of hydrogen-bond donors (Lipinski definition) is 0. The third kappa shape index (κ3) is 8.61. The molecule has 0 fully saturated rings. The average molecular weight is 918 g/mol. The Balaban J connectivity index is 1.19. The first-order valence-corrected chi connectivity index (χ1v) is 24.4. The van der Waals surface area contributed by atoms with Crippen molar-refractivity contribution >= 4 is 0 Å². The van der Waals surface area contributed by atoms with Crippen molar-refractivity contribution in [3.8, 4) is 123 Å². The van der Waals surface area contributed by atoms with Gasteiger partial charge in [-0.25, -0.2) is 15.0 Å². The van der Waals surface area contributed by atoms with Crippen LogP contribution in [0.2, 0.25) is 0 Å². The van der Waals surface area contributed by atoms with Gasteiger partial charge >= 0.3 is 0 Å². The van der Waals surface area contributed by atoms with Crippen LogP contribution in [-0.2, 0) is 0 Å². The third-order valence-corrected chi connectivity index (χ3v) is 13.4. The number of hydrogen-bond acceptors (Lipinski definition) is 3. The molecule has 0 N–H and O–H groups in total. The Labute approximate surface area is 421 Å². The molecule has 0 saturated carbocycles. The van der Waals surface area contributed by atoms with Gasteiger partial charge in [-0.15, -0.1) is 0 Å². The fraction of sp³-hybridized carbons (Fsp3) is 0. The number of nitrogens with zero attached hydrogens (tertiary/aromatic N) is 3. The Kier molecular flexibility index (Phi) is 12.0. The van der Waals surface area contributed by atoms with Crippen LogP contribution in [0.5, 0.6) is 0 Å². The van der Waals surface area contributed by atoms with Crippen LogP contribution in [0.4, 0.5) is 0 Å². The van der Waals surface area contributed by atoms with Gasteiger partial charge in [0.1, 0.15) is 0 Å². The zero-order valence-electron chi connectivity index (χ0n) is 39.5. The summed E-state index contributed by atoms with van der Waals surface area (Å²) in [6.45, 7) is 0. The molecule has 1 aromatic heterocycles. The highest BCUT2D eigenvalue weighted by Crippen LogP contribution is 2.57. The Hall–Kier alpha value is -9.57. The van der Waals surface area contributed by atoms with E-state index in [0.29, 0.717) is 17.5 Å². The summed E-state index contributed by atoms with van der Waals surface area (Å²) in [7, 11) is 0. The lowest BCUT2D eigenvalue weighted by molar-refractivity contribution is 1.07. The molecule has 11 aromatic carbocycles. The topological polar surface area (TPSA) is 38.7 Å². The summed E-state index contributed by atoms with van der Waals surface area (Å²) in [6.07, 6.45) is 0. The predicted octanol–water partition coefficient (Wildman–Crippen LogP) is 18.2. The van der Waals surface area contributed by atoms with E-state index in [1.165, 1.54) is 0 Å². The zero-order chi connectivity index (χ0) is 48.1. The van der Waals surface area contributed by atoms with E-state index < -0.39 is 0 Å². The second-order valence-corrected chi connectivity index (χ2v) is 17.8. The van der Waals surface area contributed by atoms with Gasteiger partial charge in [0, 0.05) is 16.7 Å². The van der Waals surface area contributed by atoms with Gasteiger partial charge in [-0.2, -0.15) is 0 Å². The SMILES string of the molecule is c1ccc(-c2ccc(-c3nc(-c4ccc(-c5ccccc5)cc4)nc(-c4ccccc4-c4c(-c5ccccc5)c(-c5ccccc5)c(-c5ccccc5)c(-c5ccccc5)c4-c4ccccc4)n3)cc2)cc1. The van der Waals surface area contributed by atoms with Crippen molar-refractivity contribution in [2.45, 2.75) is 0 Å². The van der Waals surface area contributed by atoms with E-state index >= 15 is 0 Å². The predicted molar refractivity (Wildman–Crippen MR) is 300 cm³/mol. The molecule has 0 bridgehead atoms. The van der Waals surface area contributed by atoms with Crippen molar-refractivity contribution in [2.75, 3.05) is 0 Å². The Bertz CT molecular complexity index is 3570. The highest BCUT2D eigenvalue weighted by molar-refractivity contribution is 6.16. The molecule has 0 spiro atoms. The summed E-state index contributed by atoms with van der Waals surface area (Å²) in [4.78, 5) is 16.2. The summed E-state index contributed by atoms with van der Waals surface area (Å²) in [5, 5.41) is 0. The second kappa shape index (κ2) is 19.8. The Morgan fingerprint density at radius 2 is 0.347 bits per heavy atom. The molecule has 0 saturated heterocycles. The highest BCUT2D eigenvalue weighted by Gasteiger charge is 2.30. The molecule has 3 nitrogen and oxygen atoms in total. The molecular formula is C69H47N3. The molecular weight excluding hydrogens is 871 g/mol. The maximum absolute atomic E-state index is 5.46. The van der Waals surface area contributed by atoms with E-state index in [9.17, 15) is 0 Å². The maximum atomic E-state index is 5.46. The number of rotatable bonds is 11. The van der Waals surface area contributed by atoms with Gasteiger partial charge in [0.25, 0.3) is 0 Å². The minimum absolute atomic E-state index is 0.581. The minimum Gasteiger partial charge on any atom is -0.208 e. The number of aromatic nitrogens is 3. The summed E-state index contributed by atoms with van der Waals surface area (Å²) < 4.78 is 0. The molecule has 12 aromatic rings. The van der Waals surface area contributed by atoms with Crippen molar-refractivity contribution in [3.05, 3.63) is 285 Å². The molecule has 338 valence electrons. The molecule has 3 heteroatoms. The summed E-state index contributed by atoms with van der Waals surface area (Å²) in [6, 6.07) is 101. The first kappa shape index (κ1) is 43.7. The zero-order valence-corrected chi connectivity index (χ0v) is 39.5. The summed E-state index contributed by atoms with van der Waals surface area (Å²) >= 11 is 0. The van der Waals surface area contributed by atoms with E-state index in [2.05, 4.69) is 273 Å². The van der Waals surface area contributed by atoms with Crippen LogP contribution >= 0.6 is 0 Å². The lowest BCUT2D eigenvalue weighted by atomic mass is 9.73. The second-order valence-electron chi connectivity index (χ2n) is 17.8. The van der Waals surface area contributed by atoms with Crippen molar-refractivity contribution in [2.24, 2.45) is 0 Å². The van der Waals surface area contributed by atoms with Gasteiger partial charge in [0.15, 0.2) is 17.5 Å². The minimum atomic E-state index is 0.581. The van der Waals surface area contributed by atoms with Crippen LogP contribution in [0.15, 0.2) is 285 Å². The fourth-order valence-corrected chi connectivity index (χ4v) is 10.0. The first-order valence-electron chi connectivity index (χ1n) is 24.4. The van der Waals surface area contributed by atoms with E-state index in [1.54, 1.807) is 0 Å². The highest BCUT2D eigenvalue weighted by atomic mass is 15.0. The van der Waals surface area contributed by atoms with E-state index in [0.717, 1.165) is 106 Å². The largest absolute Gasteiger partial charge is 0.208 e. The number of benzene rings is 11. The van der Waals surface area contributed by atoms with Crippen LogP contribution in [0.1, 0.15) is 0 Å². The summed E-state index contributed by atoms with van der Waals surface area (Å²) in [5.41, 5.74) is 20.6. The van der Waals surface area contributed by atoms with Crippen LogP contribution in [0, 0.1) is 0 Å². The van der Waals surface area contributed by atoms with E-state index in [1.807, 2.05) is 12.1 Å². The van der Waals surface area contributed by atoms with Crippen LogP contribution in [0.25, 0.3) is 123 Å². The van der Waals surface area contributed by atoms with Crippen molar-refractivity contribution in [1.82, 2.24) is 15.0 Å². The Morgan fingerprint density at radius 1 is 0.139 bits per heavy atom. The molecule has 1 heterocycles. The van der Waals surface area contributed by atoms with Gasteiger partial charge in [-0.3, -0.25) is 0 Å². The van der Waals surface area contributed by atoms with Crippen molar-refractivity contribution < 1.29 is 0 Å².